The van der Waals surface area contributed by atoms with Crippen molar-refractivity contribution in [3.63, 3.8) is 0 Å². The molecule has 1 heterocycles. The molecule has 2 rings (SSSR count). The first-order valence-corrected chi connectivity index (χ1v) is 7.07. The number of rotatable bonds is 5. The van der Waals surface area contributed by atoms with E-state index in [0.29, 0.717) is 11.5 Å². The van der Waals surface area contributed by atoms with Gasteiger partial charge in [0.2, 0.25) is 0 Å². The molecule has 0 unspecified atom stereocenters. The fourth-order valence-electron chi connectivity index (χ4n) is 1.79. The predicted octanol–water partition coefficient (Wildman–Crippen LogP) is 3.90. The molecule has 19 heavy (non-hydrogen) atoms. The summed E-state index contributed by atoms with van der Waals surface area (Å²) in [7, 11) is 0. The van der Waals surface area contributed by atoms with Gasteiger partial charge < -0.3 is 9.84 Å². The van der Waals surface area contributed by atoms with Crippen molar-refractivity contribution in [3.05, 3.63) is 40.6 Å². The Hall–Kier alpha value is -1.33. The number of aryl methyl sites for hydroxylation is 1. The zero-order chi connectivity index (χ0) is 13.8. The van der Waals surface area contributed by atoms with Crippen molar-refractivity contribution in [1.82, 2.24) is 9.78 Å². The van der Waals surface area contributed by atoms with Gasteiger partial charge in [-0.1, -0.05) is 28.9 Å². The highest BCUT2D eigenvalue weighted by atomic mass is 79.9. The molecule has 5 heteroatoms. The summed E-state index contributed by atoms with van der Waals surface area (Å²) in [4.78, 5) is 0. The number of nitrogens with zero attached hydrogens (tertiary/aromatic N) is 2. The Bertz CT molecular complexity index is 552. The molecule has 1 N–H and O–H groups in total. The summed E-state index contributed by atoms with van der Waals surface area (Å²) in [6.45, 7) is 4.72. The predicted molar refractivity (Wildman–Crippen MR) is 77.4 cm³/mol. The van der Waals surface area contributed by atoms with E-state index >= 15 is 0 Å². The van der Waals surface area contributed by atoms with Gasteiger partial charge in [0, 0.05) is 11.0 Å². The highest BCUT2D eigenvalue weighted by molar-refractivity contribution is 9.10. The van der Waals surface area contributed by atoms with E-state index in [-0.39, 0.29) is 0 Å². The minimum absolute atomic E-state index is 0.504. The summed E-state index contributed by atoms with van der Waals surface area (Å²) >= 11 is 3.43. The van der Waals surface area contributed by atoms with E-state index in [1.807, 2.05) is 29.1 Å². The van der Waals surface area contributed by atoms with Crippen molar-refractivity contribution >= 4 is 15.9 Å². The third kappa shape index (κ3) is 3.58. The highest BCUT2D eigenvalue weighted by Gasteiger charge is 2.08. The SMILES string of the molecule is CCCn1cc(Oc2ccc([C@H](C)O)c(Br)c2)cn1. The second-order valence-electron chi connectivity index (χ2n) is 4.40. The molecule has 0 aliphatic heterocycles. The van der Waals surface area contributed by atoms with Crippen LogP contribution < -0.4 is 4.74 Å². The molecule has 0 amide bonds. The van der Waals surface area contributed by atoms with E-state index in [1.54, 1.807) is 13.1 Å². The molecule has 0 saturated heterocycles. The molecule has 0 fully saturated rings. The lowest BCUT2D eigenvalue weighted by atomic mass is 10.1. The molecule has 1 aromatic heterocycles. The van der Waals surface area contributed by atoms with E-state index in [4.69, 9.17) is 4.74 Å². The largest absolute Gasteiger partial charge is 0.454 e. The number of halogens is 1. The monoisotopic (exact) mass is 324 g/mol. The van der Waals surface area contributed by atoms with E-state index in [0.717, 1.165) is 23.0 Å². The van der Waals surface area contributed by atoms with Crippen molar-refractivity contribution in [2.24, 2.45) is 0 Å². The molecule has 0 aliphatic rings. The van der Waals surface area contributed by atoms with Gasteiger partial charge in [0.1, 0.15) is 5.75 Å². The van der Waals surface area contributed by atoms with E-state index in [1.165, 1.54) is 0 Å². The number of hydrogen-bond acceptors (Lipinski definition) is 3. The van der Waals surface area contributed by atoms with Crippen LogP contribution in [0.2, 0.25) is 0 Å². The Morgan fingerprint density at radius 2 is 2.21 bits per heavy atom. The number of ether oxygens (including phenoxy) is 1. The van der Waals surface area contributed by atoms with Crippen LogP contribution >= 0.6 is 15.9 Å². The number of benzene rings is 1. The van der Waals surface area contributed by atoms with E-state index < -0.39 is 6.10 Å². The summed E-state index contributed by atoms with van der Waals surface area (Å²) < 4.78 is 8.42. The van der Waals surface area contributed by atoms with Gasteiger partial charge in [-0.3, -0.25) is 4.68 Å². The van der Waals surface area contributed by atoms with Gasteiger partial charge in [-0.15, -0.1) is 0 Å². The van der Waals surface area contributed by atoms with Gasteiger partial charge in [-0.25, -0.2) is 0 Å². The Kier molecular flexibility index (Phi) is 4.61. The maximum Gasteiger partial charge on any atom is 0.165 e. The normalized spacial score (nSPS) is 12.4. The fourth-order valence-corrected chi connectivity index (χ4v) is 2.48. The third-order valence-corrected chi connectivity index (χ3v) is 3.41. The number of hydrogen-bond donors (Lipinski definition) is 1. The lowest BCUT2D eigenvalue weighted by molar-refractivity contribution is 0.198. The maximum atomic E-state index is 9.56. The number of aromatic nitrogens is 2. The van der Waals surface area contributed by atoms with Crippen LogP contribution in [-0.2, 0) is 6.54 Å². The molecule has 0 bridgehead atoms. The summed E-state index contributed by atoms with van der Waals surface area (Å²) in [6, 6.07) is 5.53. The van der Waals surface area contributed by atoms with Crippen LogP contribution in [0.5, 0.6) is 11.5 Å². The van der Waals surface area contributed by atoms with Crippen molar-refractivity contribution < 1.29 is 9.84 Å². The van der Waals surface area contributed by atoms with Crippen LogP contribution in [-0.4, -0.2) is 14.9 Å². The van der Waals surface area contributed by atoms with Crippen molar-refractivity contribution in [3.8, 4) is 11.5 Å². The lowest BCUT2D eigenvalue weighted by Gasteiger charge is -2.09. The van der Waals surface area contributed by atoms with Gasteiger partial charge in [-0.05, 0) is 31.0 Å². The Morgan fingerprint density at radius 1 is 1.42 bits per heavy atom. The second-order valence-corrected chi connectivity index (χ2v) is 5.25. The Labute approximate surface area is 121 Å². The van der Waals surface area contributed by atoms with Gasteiger partial charge >= 0.3 is 0 Å². The van der Waals surface area contributed by atoms with Crippen LogP contribution in [0.4, 0.5) is 0 Å². The average Bonchev–Trinajstić information content (AvgIpc) is 2.76. The first-order chi connectivity index (χ1) is 9.10. The van der Waals surface area contributed by atoms with Gasteiger partial charge in [0.25, 0.3) is 0 Å². The minimum atomic E-state index is -0.504. The molecule has 4 nitrogen and oxygen atoms in total. The summed E-state index contributed by atoms with van der Waals surface area (Å²) in [5.41, 5.74) is 0.842. The van der Waals surface area contributed by atoms with Gasteiger partial charge in [0.05, 0.1) is 18.5 Å². The lowest BCUT2D eigenvalue weighted by Crippen LogP contribution is -1.95. The zero-order valence-corrected chi connectivity index (χ0v) is 12.6. The standard InChI is InChI=1S/C14H17BrN2O2/c1-3-6-17-9-12(8-16-17)19-11-4-5-13(10(2)18)14(15)7-11/h4-5,7-10,18H,3,6H2,1-2H3/t10-/m0/s1. The minimum Gasteiger partial charge on any atom is -0.454 e. The third-order valence-electron chi connectivity index (χ3n) is 2.72. The molecule has 0 saturated carbocycles. The summed E-state index contributed by atoms with van der Waals surface area (Å²) in [6.07, 6.45) is 4.11. The van der Waals surface area contributed by atoms with E-state index in [2.05, 4.69) is 28.0 Å². The first-order valence-electron chi connectivity index (χ1n) is 6.28. The van der Waals surface area contributed by atoms with Crippen LogP contribution in [0.3, 0.4) is 0 Å². The molecule has 102 valence electrons. The summed E-state index contributed by atoms with van der Waals surface area (Å²) in [5, 5.41) is 13.8. The van der Waals surface area contributed by atoms with E-state index in [9.17, 15) is 5.11 Å². The molecule has 0 spiro atoms. The number of aliphatic hydroxyl groups is 1. The average molecular weight is 325 g/mol. The quantitative estimate of drug-likeness (QED) is 0.907. The highest BCUT2D eigenvalue weighted by Crippen LogP contribution is 2.29. The molecular weight excluding hydrogens is 308 g/mol. The maximum absolute atomic E-state index is 9.56. The molecule has 0 radical (unpaired) electrons. The van der Waals surface area contributed by atoms with Crippen LogP contribution in [0, 0.1) is 0 Å². The fraction of sp³-hybridized carbons (Fsp3) is 0.357. The van der Waals surface area contributed by atoms with Crippen molar-refractivity contribution in [2.75, 3.05) is 0 Å². The second kappa shape index (κ2) is 6.21. The first kappa shape index (κ1) is 14.1. The van der Waals surface area contributed by atoms with Crippen LogP contribution in [0.25, 0.3) is 0 Å². The molecular formula is C14H17BrN2O2. The Balaban J connectivity index is 2.12. The molecule has 2 aromatic rings. The Morgan fingerprint density at radius 3 is 2.84 bits per heavy atom. The zero-order valence-electron chi connectivity index (χ0n) is 11.0. The smallest absolute Gasteiger partial charge is 0.165 e. The molecule has 1 atom stereocenters. The van der Waals surface area contributed by atoms with Gasteiger partial charge in [-0.2, -0.15) is 5.10 Å². The van der Waals surface area contributed by atoms with Crippen LogP contribution in [0.15, 0.2) is 35.1 Å². The summed E-state index contributed by atoms with van der Waals surface area (Å²) in [5.74, 6) is 1.43. The molecule has 1 aromatic carbocycles. The number of aliphatic hydroxyl groups excluding tert-OH is 1. The van der Waals surface area contributed by atoms with Crippen LogP contribution in [0.1, 0.15) is 31.9 Å². The van der Waals surface area contributed by atoms with Crippen molar-refractivity contribution in [1.29, 1.82) is 0 Å². The van der Waals surface area contributed by atoms with Crippen molar-refractivity contribution in [2.45, 2.75) is 32.9 Å². The van der Waals surface area contributed by atoms with Gasteiger partial charge in [0.15, 0.2) is 5.75 Å². The topological polar surface area (TPSA) is 47.3 Å². The molecule has 0 aliphatic carbocycles.